The molecule has 1 fully saturated rings. The summed E-state index contributed by atoms with van der Waals surface area (Å²) in [6.45, 7) is 3.72. The van der Waals surface area contributed by atoms with E-state index in [0.717, 1.165) is 0 Å². The first kappa shape index (κ1) is 13.7. The highest BCUT2D eigenvalue weighted by atomic mass is 19.4. The molecule has 3 nitrogen and oxygen atoms in total. The summed E-state index contributed by atoms with van der Waals surface area (Å²) in [7, 11) is 1.57. The Morgan fingerprint density at radius 1 is 1.50 bits per heavy atom. The van der Waals surface area contributed by atoms with Crippen molar-refractivity contribution in [2.45, 2.75) is 19.2 Å². The van der Waals surface area contributed by atoms with Gasteiger partial charge in [0.05, 0.1) is 12.0 Å². The molecule has 0 radical (unpaired) electrons. The van der Waals surface area contributed by atoms with E-state index >= 15 is 0 Å². The van der Waals surface area contributed by atoms with Gasteiger partial charge in [0.2, 0.25) is 0 Å². The van der Waals surface area contributed by atoms with Crippen LogP contribution in [0.5, 0.6) is 0 Å². The summed E-state index contributed by atoms with van der Waals surface area (Å²) >= 11 is 0. The van der Waals surface area contributed by atoms with Gasteiger partial charge in [-0.1, -0.05) is 0 Å². The number of nitrogens with zero attached hydrogens (tertiary/aromatic N) is 1. The number of hydrogen-bond donors (Lipinski definition) is 1. The van der Waals surface area contributed by atoms with Crippen molar-refractivity contribution in [2.24, 2.45) is 5.92 Å². The molecule has 1 heterocycles. The summed E-state index contributed by atoms with van der Waals surface area (Å²) < 4.78 is 42.9. The third-order valence-corrected chi connectivity index (χ3v) is 2.85. The van der Waals surface area contributed by atoms with Crippen LogP contribution in [0.1, 0.15) is 6.92 Å². The lowest BCUT2D eigenvalue weighted by Crippen LogP contribution is -2.40. The van der Waals surface area contributed by atoms with Gasteiger partial charge in [0.25, 0.3) is 0 Å². The van der Waals surface area contributed by atoms with E-state index in [1.165, 1.54) is 0 Å². The highest BCUT2D eigenvalue weighted by Gasteiger charge is 2.41. The van der Waals surface area contributed by atoms with Crippen LogP contribution in [0.3, 0.4) is 0 Å². The lowest BCUT2D eigenvalue weighted by Gasteiger charge is -2.27. The Kier molecular flexibility index (Phi) is 5.01. The zero-order valence-electron chi connectivity index (χ0n) is 9.68. The average Bonchev–Trinajstić information content (AvgIpc) is 2.42. The van der Waals surface area contributed by atoms with Gasteiger partial charge in [-0.05, 0) is 6.92 Å². The third-order valence-electron chi connectivity index (χ3n) is 2.85. The quantitative estimate of drug-likeness (QED) is 0.799. The minimum absolute atomic E-state index is 0.0152. The number of rotatable bonds is 3. The monoisotopic (exact) mass is 240 g/mol. The van der Waals surface area contributed by atoms with Crippen LogP contribution in [0.15, 0.2) is 0 Å². The Balaban J connectivity index is 2.52. The molecule has 0 aliphatic carbocycles. The van der Waals surface area contributed by atoms with Gasteiger partial charge in [-0.3, -0.25) is 4.90 Å². The second-order valence-corrected chi connectivity index (χ2v) is 4.25. The Morgan fingerprint density at radius 2 is 2.19 bits per heavy atom. The molecular weight excluding hydrogens is 221 g/mol. The van der Waals surface area contributed by atoms with Gasteiger partial charge in [-0.25, -0.2) is 0 Å². The number of methoxy groups -OCH3 is 1. The van der Waals surface area contributed by atoms with Gasteiger partial charge >= 0.3 is 6.18 Å². The molecule has 6 heteroatoms. The van der Waals surface area contributed by atoms with E-state index in [1.807, 2.05) is 11.8 Å². The summed E-state index contributed by atoms with van der Waals surface area (Å²) in [5.74, 6) is -1.28. The molecule has 1 N–H and O–H groups in total. The molecule has 16 heavy (non-hydrogen) atoms. The maximum Gasteiger partial charge on any atom is 0.394 e. The Morgan fingerprint density at radius 3 is 2.75 bits per heavy atom. The van der Waals surface area contributed by atoms with Crippen molar-refractivity contribution in [2.75, 3.05) is 39.8 Å². The molecule has 1 aliphatic heterocycles. The number of halogens is 3. The molecule has 2 unspecified atom stereocenters. The van der Waals surface area contributed by atoms with E-state index in [2.05, 4.69) is 5.32 Å². The summed E-state index contributed by atoms with van der Waals surface area (Å²) in [4.78, 5) is 1.81. The first-order valence-corrected chi connectivity index (χ1v) is 5.46. The van der Waals surface area contributed by atoms with Gasteiger partial charge in [-0.2, -0.15) is 13.2 Å². The smallest absolute Gasteiger partial charge is 0.380 e. The largest absolute Gasteiger partial charge is 0.394 e. The molecule has 0 aromatic carbocycles. The van der Waals surface area contributed by atoms with Crippen LogP contribution in [-0.2, 0) is 4.74 Å². The normalized spacial score (nSPS) is 26.4. The number of hydrogen-bond acceptors (Lipinski definition) is 3. The molecule has 1 rings (SSSR count). The summed E-state index contributed by atoms with van der Waals surface area (Å²) in [6.07, 6.45) is -4.15. The predicted molar refractivity (Wildman–Crippen MR) is 55.3 cm³/mol. The number of alkyl halides is 3. The van der Waals surface area contributed by atoms with Crippen LogP contribution in [0, 0.1) is 5.92 Å². The molecular formula is C10H19F3N2O. The van der Waals surface area contributed by atoms with Gasteiger partial charge in [0, 0.05) is 39.8 Å². The maximum atomic E-state index is 12.6. The van der Waals surface area contributed by atoms with Crippen LogP contribution >= 0.6 is 0 Å². The van der Waals surface area contributed by atoms with Gasteiger partial charge < -0.3 is 10.1 Å². The Bertz CT molecular complexity index is 211. The van der Waals surface area contributed by atoms with Crippen molar-refractivity contribution in [3.8, 4) is 0 Å². The number of ether oxygens (including phenoxy) is 1. The molecule has 0 spiro atoms. The van der Waals surface area contributed by atoms with Crippen molar-refractivity contribution in [1.82, 2.24) is 10.2 Å². The lowest BCUT2D eigenvalue weighted by atomic mass is 10.1. The molecule has 0 saturated carbocycles. The summed E-state index contributed by atoms with van der Waals surface area (Å²) in [5.41, 5.74) is 0. The van der Waals surface area contributed by atoms with Gasteiger partial charge in [-0.15, -0.1) is 0 Å². The highest BCUT2D eigenvalue weighted by molar-refractivity contribution is 4.79. The van der Waals surface area contributed by atoms with Gasteiger partial charge in [0.15, 0.2) is 0 Å². The minimum atomic E-state index is -4.12. The second-order valence-electron chi connectivity index (χ2n) is 4.25. The van der Waals surface area contributed by atoms with Crippen LogP contribution in [0.2, 0.25) is 0 Å². The van der Waals surface area contributed by atoms with E-state index in [4.69, 9.17) is 4.74 Å². The van der Waals surface area contributed by atoms with Crippen LogP contribution in [-0.4, -0.2) is 57.0 Å². The third kappa shape index (κ3) is 4.27. The summed E-state index contributed by atoms with van der Waals surface area (Å²) in [5, 5.41) is 2.82. The van der Waals surface area contributed by atoms with E-state index in [9.17, 15) is 13.2 Å². The van der Waals surface area contributed by atoms with E-state index < -0.39 is 12.1 Å². The standard InChI is InChI=1S/C10H19F3N2O/c1-8(16-2)6-15-4-3-14-5-9(7-15)10(11,12)13/h8-9,14H,3-7H2,1-2H3. The zero-order chi connectivity index (χ0) is 12.2. The first-order valence-electron chi connectivity index (χ1n) is 5.46. The fraction of sp³-hybridized carbons (Fsp3) is 1.00. The van der Waals surface area contributed by atoms with E-state index in [-0.39, 0.29) is 19.2 Å². The molecule has 2 atom stereocenters. The molecule has 0 bridgehead atoms. The lowest BCUT2D eigenvalue weighted by molar-refractivity contribution is -0.176. The Labute approximate surface area is 93.9 Å². The summed E-state index contributed by atoms with van der Waals surface area (Å²) in [6, 6.07) is 0. The van der Waals surface area contributed by atoms with E-state index in [0.29, 0.717) is 19.6 Å². The topological polar surface area (TPSA) is 24.5 Å². The maximum absolute atomic E-state index is 12.6. The second kappa shape index (κ2) is 5.84. The zero-order valence-corrected chi connectivity index (χ0v) is 9.68. The number of nitrogens with one attached hydrogen (secondary N) is 1. The minimum Gasteiger partial charge on any atom is -0.380 e. The van der Waals surface area contributed by atoms with Crippen LogP contribution < -0.4 is 5.32 Å². The molecule has 0 aromatic heterocycles. The van der Waals surface area contributed by atoms with Crippen LogP contribution in [0.4, 0.5) is 13.2 Å². The molecule has 1 saturated heterocycles. The predicted octanol–water partition coefficient (Wildman–Crippen LogP) is 1.10. The SMILES string of the molecule is COC(C)CN1CCNCC(C(F)(F)F)C1. The van der Waals surface area contributed by atoms with Crippen molar-refractivity contribution in [3.63, 3.8) is 0 Å². The highest BCUT2D eigenvalue weighted by Crippen LogP contribution is 2.27. The van der Waals surface area contributed by atoms with Gasteiger partial charge in [0.1, 0.15) is 0 Å². The van der Waals surface area contributed by atoms with Crippen molar-refractivity contribution < 1.29 is 17.9 Å². The first-order chi connectivity index (χ1) is 7.43. The average molecular weight is 240 g/mol. The molecule has 0 amide bonds. The molecule has 0 aromatic rings. The van der Waals surface area contributed by atoms with Crippen LogP contribution in [0.25, 0.3) is 0 Å². The fourth-order valence-electron chi connectivity index (χ4n) is 1.80. The fourth-order valence-corrected chi connectivity index (χ4v) is 1.80. The van der Waals surface area contributed by atoms with Crippen molar-refractivity contribution in [1.29, 1.82) is 0 Å². The van der Waals surface area contributed by atoms with E-state index in [1.54, 1.807) is 7.11 Å². The van der Waals surface area contributed by atoms with Crippen molar-refractivity contribution in [3.05, 3.63) is 0 Å². The molecule has 1 aliphatic rings. The Hall–Kier alpha value is -0.330. The van der Waals surface area contributed by atoms with Crippen molar-refractivity contribution >= 4 is 0 Å². The molecule has 96 valence electrons.